The van der Waals surface area contributed by atoms with Crippen molar-refractivity contribution in [1.29, 1.82) is 0 Å². The van der Waals surface area contributed by atoms with E-state index in [0.29, 0.717) is 17.0 Å². The molecular formula is C13H14N6. The van der Waals surface area contributed by atoms with Crippen molar-refractivity contribution in [1.82, 2.24) is 19.9 Å². The number of fused-ring (bicyclic) bond motifs is 1. The summed E-state index contributed by atoms with van der Waals surface area (Å²) >= 11 is 0. The van der Waals surface area contributed by atoms with Crippen LogP contribution in [0.25, 0.3) is 11.2 Å². The van der Waals surface area contributed by atoms with Crippen molar-refractivity contribution in [3.8, 4) is 0 Å². The minimum Gasteiger partial charge on any atom is -0.399 e. The summed E-state index contributed by atoms with van der Waals surface area (Å²) < 4.78 is 0. The van der Waals surface area contributed by atoms with Crippen LogP contribution in [0.4, 0.5) is 11.5 Å². The first-order valence-corrected chi connectivity index (χ1v) is 6.02. The molecular weight excluding hydrogens is 240 g/mol. The number of nitrogens with one attached hydrogen (secondary N) is 1. The number of aromatic nitrogens is 4. The lowest BCUT2D eigenvalue weighted by molar-refractivity contribution is 0.889. The number of hydrogen-bond donors (Lipinski definition) is 3. The average molecular weight is 254 g/mol. The predicted octanol–water partition coefficient (Wildman–Crippen LogP) is 1.30. The van der Waals surface area contributed by atoms with E-state index in [9.17, 15) is 0 Å². The molecule has 0 aliphatic rings. The van der Waals surface area contributed by atoms with Crippen LogP contribution in [-0.2, 0) is 12.8 Å². The number of hydrogen-bond acceptors (Lipinski definition) is 5. The topological polar surface area (TPSA) is 106 Å². The number of anilines is 2. The number of imidazole rings is 1. The van der Waals surface area contributed by atoms with Gasteiger partial charge in [0.15, 0.2) is 11.5 Å². The Morgan fingerprint density at radius 1 is 1.11 bits per heavy atom. The van der Waals surface area contributed by atoms with E-state index in [1.54, 1.807) is 0 Å². The largest absolute Gasteiger partial charge is 0.399 e. The van der Waals surface area contributed by atoms with E-state index in [2.05, 4.69) is 19.9 Å². The Balaban J connectivity index is 1.80. The Kier molecular flexibility index (Phi) is 2.75. The summed E-state index contributed by atoms with van der Waals surface area (Å²) in [4.78, 5) is 15.6. The van der Waals surface area contributed by atoms with Crippen molar-refractivity contribution in [2.75, 3.05) is 11.5 Å². The van der Waals surface area contributed by atoms with Crippen LogP contribution in [0.3, 0.4) is 0 Å². The van der Waals surface area contributed by atoms with Crippen LogP contribution in [-0.4, -0.2) is 19.9 Å². The van der Waals surface area contributed by atoms with Crippen molar-refractivity contribution >= 4 is 22.7 Å². The van der Waals surface area contributed by atoms with E-state index in [0.717, 1.165) is 24.4 Å². The van der Waals surface area contributed by atoms with Gasteiger partial charge in [-0.15, -0.1) is 0 Å². The molecule has 6 heteroatoms. The lowest BCUT2D eigenvalue weighted by Gasteiger charge is -2.00. The van der Waals surface area contributed by atoms with Gasteiger partial charge in [-0.1, -0.05) is 12.1 Å². The molecule has 0 aliphatic carbocycles. The summed E-state index contributed by atoms with van der Waals surface area (Å²) in [5.41, 5.74) is 14.8. The Labute approximate surface area is 109 Å². The average Bonchev–Trinajstić information content (AvgIpc) is 2.81. The van der Waals surface area contributed by atoms with Crippen LogP contribution in [0.5, 0.6) is 0 Å². The first kappa shape index (κ1) is 11.5. The SMILES string of the molecule is Nc1cccc(CCc2nc3ncnc(N)c3[nH]2)c1. The zero-order valence-electron chi connectivity index (χ0n) is 10.3. The molecule has 19 heavy (non-hydrogen) atoms. The van der Waals surface area contributed by atoms with Crippen molar-refractivity contribution in [3.05, 3.63) is 42.0 Å². The maximum Gasteiger partial charge on any atom is 0.183 e. The van der Waals surface area contributed by atoms with E-state index in [1.807, 2.05) is 24.3 Å². The highest BCUT2D eigenvalue weighted by molar-refractivity contribution is 5.80. The standard InChI is InChI=1S/C13H14N6/c14-9-3-1-2-8(6-9)4-5-10-18-11-12(15)16-7-17-13(11)19-10/h1-3,6-7H,4-5,14H2,(H3,15,16,17,18,19). The van der Waals surface area contributed by atoms with Crippen LogP contribution < -0.4 is 11.5 Å². The summed E-state index contributed by atoms with van der Waals surface area (Å²) in [5.74, 6) is 1.28. The molecule has 0 atom stereocenters. The molecule has 2 aromatic heterocycles. The van der Waals surface area contributed by atoms with Gasteiger partial charge in [-0.25, -0.2) is 15.0 Å². The second kappa shape index (κ2) is 4.56. The minimum atomic E-state index is 0.424. The lowest BCUT2D eigenvalue weighted by atomic mass is 10.1. The van der Waals surface area contributed by atoms with E-state index < -0.39 is 0 Å². The maximum atomic E-state index is 5.76. The fraction of sp³-hybridized carbons (Fsp3) is 0.154. The molecule has 0 unspecified atom stereocenters. The quantitative estimate of drug-likeness (QED) is 0.611. The van der Waals surface area contributed by atoms with Crippen molar-refractivity contribution < 1.29 is 0 Å². The third kappa shape index (κ3) is 2.33. The summed E-state index contributed by atoms with van der Waals surface area (Å²) in [6.45, 7) is 0. The van der Waals surface area contributed by atoms with Gasteiger partial charge in [0.2, 0.25) is 0 Å². The van der Waals surface area contributed by atoms with E-state index in [1.165, 1.54) is 11.9 Å². The third-order valence-corrected chi connectivity index (χ3v) is 2.97. The molecule has 0 saturated heterocycles. The van der Waals surface area contributed by atoms with Gasteiger partial charge >= 0.3 is 0 Å². The minimum absolute atomic E-state index is 0.424. The molecule has 3 aromatic rings. The third-order valence-electron chi connectivity index (χ3n) is 2.97. The molecule has 0 amide bonds. The zero-order chi connectivity index (χ0) is 13.2. The van der Waals surface area contributed by atoms with E-state index >= 15 is 0 Å². The molecule has 0 bridgehead atoms. The smallest absolute Gasteiger partial charge is 0.183 e. The highest BCUT2D eigenvalue weighted by atomic mass is 15.0. The number of aryl methyl sites for hydroxylation is 2. The second-order valence-corrected chi connectivity index (χ2v) is 4.39. The highest BCUT2D eigenvalue weighted by Gasteiger charge is 2.07. The van der Waals surface area contributed by atoms with Gasteiger partial charge in [0.05, 0.1) is 0 Å². The van der Waals surface area contributed by atoms with E-state index in [4.69, 9.17) is 11.5 Å². The van der Waals surface area contributed by atoms with E-state index in [-0.39, 0.29) is 0 Å². The predicted molar refractivity (Wildman–Crippen MR) is 74.4 cm³/mol. The number of nitrogens with two attached hydrogens (primary N) is 2. The first-order chi connectivity index (χ1) is 9.22. The number of nitrogen functional groups attached to an aromatic ring is 2. The molecule has 0 aliphatic heterocycles. The number of rotatable bonds is 3. The Hall–Kier alpha value is -2.63. The van der Waals surface area contributed by atoms with Gasteiger partial charge in [-0.3, -0.25) is 0 Å². The van der Waals surface area contributed by atoms with Gasteiger partial charge < -0.3 is 16.5 Å². The molecule has 0 fully saturated rings. The fourth-order valence-corrected chi connectivity index (χ4v) is 2.02. The second-order valence-electron chi connectivity index (χ2n) is 4.39. The van der Waals surface area contributed by atoms with Gasteiger partial charge in [0.25, 0.3) is 0 Å². The van der Waals surface area contributed by atoms with Gasteiger partial charge in [-0.2, -0.15) is 0 Å². The van der Waals surface area contributed by atoms with Crippen molar-refractivity contribution in [2.45, 2.75) is 12.8 Å². The molecule has 0 spiro atoms. The summed E-state index contributed by atoms with van der Waals surface area (Å²) in [5, 5.41) is 0. The lowest BCUT2D eigenvalue weighted by Crippen LogP contribution is -1.95. The Morgan fingerprint density at radius 3 is 2.79 bits per heavy atom. The summed E-state index contributed by atoms with van der Waals surface area (Å²) in [6, 6.07) is 7.84. The molecule has 0 radical (unpaired) electrons. The molecule has 1 aromatic carbocycles. The van der Waals surface area contributed by atoms with Crippen LogP contribution in [0.15, 0.2) is 30.6 Å². The van der Waals surface area contributed by atoms with Crippen molar-refractivity contribution in [3.63, 3.8) is 0 Å². The Morgan fingerprint density at radius 2 is 2.00 bits per heavy atom. The molecule has 96 valence electrons. The molecule has 5 N–H and O–H groups in total. The molecule has 6 nitrogen and oxygen atoms in total. The number of benzene rings is 1. The number of nitrogens with zero attached hydrogens (tertiary/aromatic N) is 3. The van der Waals surface area contributed by atoms with Gasteiger partial charge in [0.1, 0.15) is 17.7 Å². The summed E-state index contributed by atoms with van der Waals surface area (Å²) in [7, 11) is 0. The van der Waals surface area contributed by atoms with Crippen molar-refractivity contribution in [2.24, 2.45) is 0 Å². The summed E-state index contributed by atoms with van der Waals surface area (Å²) in [6.07, 6.45) is 3.05. The maximum absolute atomic E-state index is 5.76. The fourth-order valence-electron chi connectivity index (χ4n) is 2.02. The molecule has 0 saturated carbocycles. The number of H-pyrrole nitrogens is 1. The van der Waals surface area contributed by atoms with Crippen LogP contribution in [0.1, 0.15) is 11.4 Å². The first-order valence-electron chi connectivity index (χ1n) is 6.02. The molecule has 3 rings (SSSR count). The zero-order valence-corrected chi connectivity index (χ0v) is 10.3. The normalized spacial score (nSPS) is 10.9. The number of aromatic amines is 1. The highest BCUT2D eigenvalue weighted by Crippen LogP contribution is 2.15. The molecule has 2 heterocycles. The van der Waals surface area contributed by atoms with Crippen LogP contribution >= 0.6 is 0 Å². The van der Waals surface area contributed by atoms with Crippen LogP contribution in [0.2, 0.25) is 0 Å². The van der Waals surface area contributed by atoms with Gasteiger partial charge in [-0.05, 0) is 24.1 Å². The monoisotopic (exact) mass is 254 g/mol. The Bertz CT molecular complexity index is 718. The van der Waals surface area contributed by atoms with Crippen LogP contribution in [0, 0.1) is 0 Å². The van der Waals surface area contributed by atoms with Gasteiger partial charge in [0, 0.05) is 12.1 Å².